The molecule has 1 aromatic carbocycles. The summed E-state index contributed by atoms with van der Waals surface area (Å²) in [6, 6.07) is 4.88. The molecule has 0 aliphatic heterocycles. The summed E-state index contributed by atoms with van der Waals surface area (Å²) in [6.45, 7) is 2.18. The largest absolute Gasteiger partial charge is 0.367 e. The van der Waals surface area contributed by atoms with Crippen molar-refractivity contribution in [3.63, 3.8) is 0 Å². The van der Waals surface area contributed by atoms with Crippen LogP contribution in [0, 0.1) is 11.7 Å². The molecule has 1 saturated carbocycles. The number of benzene rings is 1. The Hall–Kier alpha value is -1.55. The van der Waals surface area contributed by atoms with Crippen LogP contribution in [0.25, 0.3) is 11.1 Å². The van der Waals surface area contributed by atoms with Crippen molar-refractivity contribution in [1.82, 2.24) is 5.16 Å². The molecule has 2 atom stereocenters. The highest BCUT2D eigenvalue weighted by molar-refractivity contribution is 6.31. The normalized spacial score (nSPS) is 22.4. The summed E-state index contributed by atoms with van der Waals surface area (Å²) in [6.07, 6.45) is 3.33. The number of hydrogen-bond donors (Lipinski definition) is 1. The van der Waals surface area contributed by atoms with Gasteiger partial charge in [0.1, 0.15) is 5.82 Å². The fourth-order valence-electron chi connectivity index (χ4n) is 3.09. The topological polar surface area (TPSA) is 52.0 Å². The van der Waals surface area contributed by atoms with Gasteiger partial charge in [-0.2, -0.15) is 0 Å². The van der Waals surface area contributed by atoms with E-state index >= 15 is 0 Å². The minimum Gasteiger partial charge on any atom is -0.367 e. The molecule has 0 spiro atoms. The van der Waals surface area contributed by atoms with Crippen LogP contribution in [0.2, 0.25) is 5.02 Å². The van der Waals surface area contributed by atoms with Gasteiger partial charge in [-0.05, 0) is 18.4 Å². The predicted octanol–water partition coefficient (Wildman–Crippen LogP) is 4.62. The van der Waals surface area contributed by atoms with Crippen molar-refractivity contribution in [2.75, 3.05) is 5.73 Å². The zero-order chi connectivity index (χ0) is 14.3. The van der Waals surface area contributed by atoms with Crippen LogP contribution in [0.3, 0.4) is 0 Å². The molecule has 1 aliphatic carbocycles. The van der Waals surface area contributed by atoms with Crippen LogP contribution in [0.4, 0.5) is 10.3 Å². The van der Waals surface area contributed by atoms with Crippen molar-refractivity contribution in [2.24, 2.45) is 5.92 Å². The van der Waals surface area contributed by atoms with Gasteiger partial charge in [0.05, 0.1) is 16.3 Å². The summed E-state index contributed by atoms with van der Waals surface area (Å²) in [7, 11) is 0. The number of rotatable bonds is 2. The summed E-state index contributed by atoms with van der Waals surface area (Å²) in [5, 5.41) is 4.16. The fraction of sp³-hybridized carbons (Fsp3) is 0.400. The molecular formula is C15H16ClFN2O. The number of halogens is 2. The second-order valence-corrected chi connectivity index (χ2v) is 5.83. The van der Waals surface area contributed by atoms with Gasteiger partial charge < -0.3 is 10.3 Å². The van der Waals surface area contributed by atoms with E-state index in [0.29, 0.717) is 17.0 Å². The molecule has 3 rings (SSSR count). The van der Waals surface area contributed by atoms with E-state index < -0.39 is 5.82 Å². The second kappa shape index (κ2) is 5.09. The molecule has 0 amide bonds. The Bertz CT molecular complexity index is 641. The molecule has 20 heavy (non-hydrogen) atoms. The molecule has 106 valence electrons. The van der Waals surface area contributed by atoms with Gasteiger partial charge in [0.2, 0.25) is 5.88 Å². The minimum absolute atomic E-state index is 0.0773. The quantitative estimate of drug-likeness (QED) is 0.879. The lowest BCUT2D eigenvalue weighted by molar-refractivity contribution is 0.407. The molecular weight excluding hydrogens is 279 g/mol. The molecule has 1 aromatic heterocycles. The molecule has 1 aliphatic rings. The van der Waals surface area contributed by atoms with E-state index in [4.69, 9.17) is 21.9 Å². The van der Waals surface area contributed by atoms with E-state index in [9.17, 15) is 4.39 Å². The Morgan fingerprint density at radius 1 is 1.40 bits per heavy atom. The van der Waals surface area contributed by atoms with Crippen molar-refractivity contribution in [3.05, 3.63) is 34.7 Å². The Morgan fingerprint density at radius 3 is 2.90 bits per heavy atom. The Balaban J connectivity index is 2.14. The van der Waals surface area contributed by atoms with Gasteiger partial charge in [0.15, 0.2) is 0 Å². The van der Waals surface area contributed by atoms with E-state index in [1.54, 1.807) is 12.1 Å². The van der Waals surface area contributed by atoms with Gasteiger partial charge >= 0.3 is 0 Å². The summed E-state index contributed by atoms with van der Waals surface area (Å²) in [4.78, 5) is 0. The Morgan fingerprint density at radius 2 is 2.20 bits per heavy atom. The van der Waals surface area contributed by atoms with Crippen molar-refractivity contribution >= 4 is 17.5 Å². The number of aromatic nitrogens is 1. The smallest absolute Gasteiger partial charge is 0.230 e. The van der Waals surface area contributed by atoms with Crippen molar-refractivity contribution < 1.29 is 8.91 Å². The monoisotopic (exact) mass is 294 g/mol. The van der Waals surface area contributed by atoms with Gasteiger partial charge in [-0.3, -0.25) is 0 Å². The summed E-state index contributed by atoms with van der Waals surface area (Å²) in [5.74, 6) is 0.446. The van der Waals surface area contributed by atoms with Gasteiger partial charge in [-0.25, -0.2) is 4.39 Å². The van der Waals surface area contributed by atoms with Gasteiger partial charge in [-0.1, -0.05) is 48.7 Å². The lowest BCUT2D eigenvalue weighted by Crippen LogP contribution is -2.05. The summed E-state index contributed by atoms with van der Waals surface area (Å²) < 4.78 is 19.4. The van der Waals surface area contributed by atoms with E-state index in [1.165, 1.54) is 6.07 Å². The third-order valence-electron chi connectivity index (χ3n) is 4.18. The first kappa shape index (κ1) is 13.4. The molecule has 1 fully saturated rings. The number of anilines is 1. The third-order valence-corrected chi connectivity index (χ3v) is 4.47. The van der Waals surface area contributed by atoms with Gasteiger partial charge in [-0.15, -0.1) is 0 Å². The van der Waals surface area contributed by atoms with E-state index in [-0.39, 0.29) is 16.8 Å². The van der Waals surface area contributed by atoms with Crippen LogP contribution in [0.5, 0.6) is 0 Å². The summed E-state index contributed by atoms with van der Waals surface area (Å²) in [5.41, 5.74) is 7.55. The highest BCUT2D eigenvalue weighted by Crippen LogP contribution is 2.45. The maximum Gasteiger partial charge on any atom is 0.230 e. The molecule has 0 bridgehead atoms. The van der Waals surface area contributed by atoms with Crippen molar-refractivity contribution in [1.29, 1.82) is 0 Å². The lowest BCUT2D eigenvalue weighted by Gasteiger charge is -2.14. The standard InChI is InChI=1S/C15H16ClFN2O/c1-8-4-2-5-9(8)14-12(15(18)20-19-14)10-6-3-7-11(16)13(10)17/h3,6-9H,2,4-5,18H2,1H3. The van der Waals surface area contributed by atoms with Crippen LogP contribution < -0.4 is 5.73 Å². The first-order valence-corrected chi connectivity index (χ1v) is 7.16. The maximum atomic E-state index is 14.3. The predicted molar refractivity (Wildman–Crippen MR) is 77.1 cm³/mol. The zero-order valence-electron chi connectivity index (χ0n) is 11.2. The Labute approximate surface area is 121 Å². The minimum atomic E-state index is -0.476. The molecule has 0 saturated heterocycles. The second-order valence-electron chi connectivity index (χ2n) is 5.42. The van der Waals surface area contributed by atoms with Crippen LogP contribution in [-0.2, 0) is 0 Å². The molecule has 2 N–H and O–H groups in total. The highest BCUT2D eigenvalue weighted by Gasteiger charge is 2.32. The Kier molecular flexibility index (Phi) is 3.42. The van der Waals surface area contributed by atoms with E-state index in [1.807, 2.05) is 0 Å². The fourth-order valence-corrected chi connectivity index (χ4v) is 3.26. The summed E-state index contributed by atoms with van der Waals surface area (Å²) >= 11 is 5.86. The highest BCUT2D eigenvalue weighted by atomic mass is 35.5. The molecule has 1 heterocycles. The third kappa shape index (κ3) is 2.08. The average molecular weight is 295 g/mol. The lowest BCUT2D eigenvalue weighted by atomic mass is 9.90. The van der Waals surface area contributed by atoms with Crippen LogP contribution in [0.1, 0.15) is 37.8 Å². The number of nitrogens with two attached hydrogens (primary N) is 1. The van der Waals surface area contributed by atoms with Gasteiger partial charge in [0.25, 0.3) is 0 Å². The number of nitrogens with zero attached hydrogens (tertiary/aromatic N) is 1. The van der Waals surface area contributed by atoms with Gasteiger partial charge in [0, 0.05) is 11.5 Å². The molecule has 0 radical (unpaired) electrons. The van der Waals surface area contributed by atoms with E-state index in [0.717, 1.165) is 25.0 Å². The average Bonchev–Trinajstić information content (AvgIpc) is 2.99. The molecule has 2 unspecified atom stereocenters. The number of nitrogen functional groups attached to an aromatic ring is 1. The maximum absolute atomic E-state index is 14.3. The zero-order valence-corrected chi connectivity index (χ0v) is 12.0. The van der Waals surface area contributed by atoms with Crippen LogP contribution in [-0.4, -0.2) is 5.16 Å². The molecule has 3 nitrogen and oxygen atoms in total. The first-order valence-electron chi connectivity index (χ1n) is 6.79. The first-order chi connectivity index (χ1) is 9.59. The van der Waals surface area contributed by atoms with Crippen LogP contribution in [0.15, 0.2) is 22.7 Å². The van der Waals surface area contributed by atoms with Crippen molar-refractivity contribution in [2.45, 2.75) is 32.1 Å². The molecule has 2 aromatic rings. The van der Waals surface area contributed by atoms with E-state index in [2.05, 4.69) is 12.1 Å². The van der Waals surface area contributed by atoms with Crippen LogP contribution >= 0.6 is 11.6 Å². The SMILES string of the molecule is CC1CCCC1c1noc(N)c1-c1cccc(Cl)c1F. The number of hydrogen-bond acceptors (Lipinski definition) is 3. The van der Waals surface area contributed by atoms with Crippen molar-refractivity contribution in [3.8, 4) is 11.1 Å². The molecule has 5 heteroatoms.